The van der Waals surface area contributed by atoms with Gasteiger partial charge in [0, 0.05) is 26.2 Å². The van der Waals surface area contributed by atoms with Gasteiger partial charge >= 0.3 is 0 Å². The summed E-state index contributed by atoms with van der Waals surface area (Å²) >= 11 is 3.17. The molecule has 0 aromatic heterocycles. The number of hydrogen-bond donors (Lipinski definition) is 0. The third-order valence-corrected chi connectivity index (χ3v) is 4.89. The Labute approximate surface area is 128 Å². The van der Waals surface area contributed by atoms with E-state index in [9.17, 15) is 4.39 Å². The molecular weight excluding hydrogens is 321 g/mol. The molecule has 1 fully saturated rings. The van der Waals surface area contributed by atoms with Gasteiger partial charge in [-0.25, -0.2) is 4.39 Å². The minimum atomic E-state index is -0.343. The second-order valence-corrected chi connectivity index (χ2v) is 5.94. The van der Waals surface area contributed by atoms with Crippen molar-refractivity contribution in [1.82, 2.24) is 4.90 Å². The van der Waals surface area contributed by atoms with E-state index in [1.54, 1.807) is 12.1 Å². The number of rotatable bonds is 3. The van der Waals surface area contributed by atoms with Gasteiger partial charge in [-0.2, -0.15) is 5.26 Å². The van der Waals surface area contributed by atoms with Crippen LogP contribution in [0.1, 0.15) is 25.3 Å². The van der Waals surface area contributed by atoms with Crippen molar-refractivity contribution in [3.63, 3.8) is 0 Å². The van der Waals surface area contributed by atoms with Crippen molar-refractivity contribution in [2.45, 2.75) is 25.8 Å². The predicted molar refractivity (Wildman–Crippen MR) is 82.4 cm³/mol. The van der Waals surface area contributed by atoms with Gasteiger partial charge in [0.15, 0.2) is 5.82 Å². The smallest absolute Gasteiger partial charge is 0.161 e. The predicted octanol–water partition coefficient (Wildman–Crippen LogP) is 3.38. The Morgan fingerprint density at radius 1 is 1.45 bits per heavy atom. The zero-order valence-electron chi connectivity index (χ0n) is 11.9. The second-order valence-electron chi connectivity index (χ2n) is 5.15. The van der Waals surface area contributed by atoms with Crippen molar-refractivity contribution in [3.8, 4) is 6.07 Å². The molecule has 1 aromatic carbocycles. The van der Waals surface area contributed by atoms with E-state index in [4.69, 9.17) is 5.26 Å². The van der Waals surface area contributed by atoms with Gasteiger partial charge in [0.2, 0.25) is 0 Å². The number of benzene rings is 1. The van der Waals surface area contributed by atoms with Crippen LogP contribution in [-0.2, 0) is 0 Å². The first-order valence-electron chi connectivity index (χ1n) is 6.91. The van der Waals surface area contributed by atoms with E-state index >= 15 is 0 Å². The summed E-state index contributed by atoms with van der Waals surface area (Å²) < 4.78 is 14.6. The van der Waals surface area contributed by atoms with Gasteiger partial charge in [0.25, 0.3) is 0 Å². The molecule has 1 aliphatic heterocycles. The van der Waals surface area contributed by atoms with Gasteiger partial charge in [-0.3, -0.25) is 0 Å². The summed E-state index contributed by atoms with van der Waals surface area (Å²) in [5, 5.41) is 8.91. The minimum absolute atomic E-state index is 0.260. The Balaban J connectivity index is 2.16. The van der Waals surface area contributed by atoms with Crippen molar-refractivity contribution >= 4 is 21.6 Å². The third-order valence-electron chi connectivity index (χ3n) is 4.11. The van der Waals surface area contributed by atoms with Gasteiger partial charge < -0.3 is 9.80 Å². The first-order chi connectivity index (χ1) is 9.58. The first kappa shape index (κ1) is 15.3. The largest absolute Gasteiger partial charge is 0.369 e. The molecule has 0 aliphatic carbocycles. The van der Waals surface area contributed by atoms with Crippen molar-refractivity contribution < 1.29 is 4.39 Å². The quantitative estimate of drug-likeness (QED) is 0.845. The van der Waals surface area contributed by atoms with Crippen LogP contribution in [0.15, 0.2) is 16.6 Å². The topological polar surface area (TPSA) is 30.3 Å². The van der Waals surface area contributed by atoms with Crippen LogP contribution in [0.5, 0.6) is 0 Å². The van der Waals surface area contributed by atoms with E-state index in [1.807, 2.05) is 18.0 Å². The van der Waals surface area contributed by atoms with E-state index in [-0.39, 0.29) is 10.3 Å². The summed E-state index contributed by atoms with van der Waals surface area (Å²) in [5.74, 6) is -0.343. The highest BCUT2D eigenvalue weighted by atomic mass is 79.9. The molecule has 2 rings (SSSR count). The highest BCUT2D eigenvalue weighted by molar-refractivity contribution is 9.10. The maximum Gasteiger partial charge on any atom is 0.161 e. The average Bonchev–Trinajstić information content (AvgIpc) is 2.49. The molecule has 0 radical (unpaired) electrons. The number of hydrogen-bond acceptors (Lipinski definition) is 3. The standard InChI is InChI=1S/C15H19BrFN3/c1-3-20-8-6-12(7-9-20)19(2)13-5-4-11(10-18)14(16)15(13)17/h4-5,12H,3,6-9H2,1-2H3. The monoisotopic (exact) mass is 339 g/mol. The fourth-order valence-corrected chi connectivity index (χ4v) is 3.14. The zero-order chi connectivity index (χ0) is 14.7. The molecule has 1 aliphatic rings. The van der Waals surface area contributed by atoms with E-state index in [0.29, 0.717) is 17.3 Å². The van der Waals surface area contributed by atoms with E-state index in [1.165, 1.54) is 0 Å². The van der Waals surface area contributed by atoms with Gasteiger partial charge in [0.1, 0.15) is 6.07 Å². The maximum atomic E-state index is 14.3. The molecule has 3 nitrogen and oxygen atoms in total. The van der Waals surface area contributed by atoms with Crippen molar-refractivity contribution in [2.24, 2.45) is 0 Å². The number of anilines is 1. The Morgan fingerprint density at radius 3 is 2.65 bits per heavy atom. The molecule has 0 saturated carbocycles. The van der Waals surface area contributed by atoms with Crippen LogP contribution in [0.25, 0.3) is 0 Å². The lowest BCUT2D eigenvalue weighted by Crippen LogP contribution is -2.43. The van der Waals surface area contributed by atoms with E-state index < -0.39 is 0 Å². The fourth-order valence-electron chi connectivity index (χ4n) is 2.72. The SMILES string of the molecule is CCN1CCC(N(C)c2ccc(C#N)c(Br)c2F)CC1. The molecular formula is C15H19BrFN3. The van der Waals surface area contributed by atoms with Crippen molar-refractivity contribution in [2.75, 3.05) is 31.6 Å². The molecule has 5 heteroatoms. The molecule has 20 heavy (non-hydrogen) atoms. The van der Waals surface area contributed by atoms with E-state index in [0.717, 1.165) is 32.5 Å². The molecule has 1 saturated heterocycles. The number of halogens is 2. The van der Waals surface area contributed by atoms with Crippen LogP contribution in [0, 0.1) is 17.1 Å². The normalized spacial score (nSPS) is 16.9. The zero-order valence-corrected chi connectivity index (χ0v) is 13.5. The van der Waals surface area contributed by atoms with Crippen LogP contribution < -0.4 is 4.90 Å². The van der Waals surface area contributed by atoms with Crippen LogP contribution >= 0.6 is 15.9 Å². The highest BCUT2D eigenvalue weighted by Crippen LogP contribution is 2.31. The first-order valence-corrected chi connectivity index (χ1v) is 7.71. The summed E-state index contributed by atoms with van der Waals surface area (Å²) in [6.45, 7) is 5.36. The van der Waals surface area contributed by atoms with Crippen LogP contribution in [0.3, 0.4) is 0 Å². The van der Waals surface area contributed by atoms with Gasteiger partial charge in [-0.15, -0.1) is 0 Å². The summed E-state index contributed by atoms with van der Waals surface area (Å²) in [6.07, 6.45) is 2.09. The number of likely N-dealkylation sites (tertiary alicyclic amines) is 1. The van der Waals surface area contributed by atoms with Gasteiger partial charge in [-0.1, -0.05) is 6.92 Å². The Kier molecular flexibility index (Phi) is 5.00. The minimum Gasteiger partial charge on any atom is -0.369 e. The summed E-state index contributed by atoms with van der Waals surface area (Å²) in [7, 11) is 1.93. The Hall–Kier alpha value is -1.12. The fraction of sp³-hybridized carbons (Fsp3) is 0.533. The van der Waals surface area contributed by atoms with Crippen molar-refractivity contribution in [3.05, 3.63) is 28.0 Å². The third kappa shape index (κ3) is 2.97. The van der Waals surface area contributed by atoms with Crippen molar-refractivity contribution in [1.29, 1.82) is 5.26 Å². The molecule has 0 amide bonds. The summed E-state index contributed by atoms with van der Waals surface area (Å²) in [6, 6.07) is 5.70. The average molecular weight is 340 g/mol. The molecule has 1 heterocycles. The molecule has 108 valence electrons. The molecule has 0 atom stereocenters. The lowest BCUT2D eigenvalue weighted by Gasteiger charge is -2.37. The van der Waals surface area contributed by atoms with E-state index in [2.05, 4.69) is 27.8 Å². The van der Waals surface area contributed by atoms with Crippen LogP contribution in [0.4, 0.5) is 10.1 Å². The number of nitrogens with zero attached hydrogens (tertiary/aromatic N) is 3. The Bertz CT molecular complexity index is 519. The lowest BCUT2D eigenvalue weighted by atomic mass is 10.0. The molecule has 0 N–H and O–H groups in total. The number of nitriles is 1. The highest BCUT2D eigenvalue weighted by Gasteiger charge is 2.24. The van der Waals surface area contributed by atoms with Crippen LogP contribution in [0.2, 0.25) is 0 Å². The second kappa shape index (κ2) is 6.55. The molecule has 1 aromatic rings. The van der Waals surface area contributed by atoms with Crippen LogP contribution in [-0.4, -0.2) is 37.6 Å². The van der Waals surface area contributed by atoms with Gasteiger partial charge in [-0.05, 0) is 47.4 Å². The summed E-state index contributed by atoms with van der Waals surface area (Å²) in [5.41, 5.74) is 0.895. The summed E-state index contributed by atoms with van der Waals surface area (Å²) in [4.78, 5) is 4.42. The number of piperidine rings is 1. The molecule has 0 unspecified atom stereocenters. The lowest BCUT2D eigenvalue weighted by molar-refractivity contribution is 0.220. The molecule has 0 spiro atoms. The molecule has 0 bridgehead atoms. The maximum absolute atomic E-state index is 14.3. The Morgan fingerprint density at radius 2 is 2.10 bits per heavy atom. The van der Waals surface area contributed by atoms with Gasteiger partial charge in [0.05, 0.1) is 15.7 Å².